The molecule has 3 aromatic rings. The van der Waals surface area contributed by atoms with Crippen molar-refractivity contribution in [1.82, 2.24) is 9.80 Å². The summed E-state index contributed by atoms with van der Waals surface area (Å²) in [4.78, 5) is 28.7. The van der Waals surface area contributed by atoms with Crippen molar-refractivity contribution in [3.63, 3.8) is 0 Å². The standard InChI is InChI=1S/C26H24F4N2O4/c27-21-7-3-18(4-8-21)13-25(34)32-11-9-31(10-12-32)15-22-14-23(33)24(17-35-22)36-16-19-1-5-20(6-2-19)26(28,29)30/h1-8,14,17H,9-13,15-16H2. The number of carbonyl (C=O) groups is 1. The minimum Gasteiger partial charge on any atom is -0.482 e. The second-order valence-electron chi connectivity index (χ2n) is 8.52. The van der Waals surface area contributed by atoms with Gasteiger partial charge in [0.25, 0.3) is 0 Å². The molecule has 190 valence electrons. The van der Waals surface area contributed by atoms with Gasteiger partial charge in [-0.05, 0) is 35.4 Å². The van der Waals surface area contributed by atoms with E-state index >= 15 is 0 Å². The summed E-state index contributed by atoms with van der Waals surface area (Å²) >= 11 is 0. The van der Waals surface area contributed by atoms with E-state index < -0.39 is 17.2 Å². The van der Waals surface area contributed by atoms with Crippen LogP contribution in [0.4, 0.5) is 17.6 Å². The molecule has 1 aromatic heterocycles. The van der Waals surface area contributed by atoms with E-state index in [4.69, 9.17) is 9.15 Å². The van der Waals surface area contributed by atoms with Crippen LogP contribution in [-0.2, 0) is 30.5 Å². The summed E-state index contributed by atoms with van der Waals surface area (Å²) in [5.41, 5.74) is 0.0917. The Balaban J connectivity index is 1.25. The van der Waals surface area contributed by atoms with Crippen molar-refractivity contribution < 1.29 is 31.5 Å². The number of benzene rings is 2. The van der Waals surface area contributed by atoms with Gasteiger partial charge in [0.15, 0.2) is 0 Å². The highest BCUT2D eigenvalue weighted by atomic mass is 19.4. The average Bonchev–Trinajstić information content (AvgIpc) is 2.85. The molecule has 0 aliphatic carbocycles. The van der Waals surface area contributed by atoms with Gasteiger partial charge in [0.2, 0.25) is 17.1 Å². The van der Waals surface area contributed by atoms with Crippen molar-refractivity contribution in [2.24, 2.45) is 0 Å². The van der Waals surface area contributed by atoms with Crippen LogP contribution in [-0.4, -0.2) is 41.9 Å². The van der Waals surface area contributed by atoms with Crippen LogP contribution in [0.3, 0.4) is 0 Å². The van der Waals surface area contributed by atoms with Crippen LogP contribution in [0.1, 0.15) is 22.5 Å². The third-order valence-corrected chi connectivity index (χ3v) is 5.90. The molecule has 10 heteroatoms. The Morgan fingerprint density at radius 2 is 1.58 bits per heavy atom. The van der Waals surface area contributed by atoms with Gasteiger partial charge >= 0.3 is 6.18 Å². The molecular weight excluding hydrogens is 480 g/mol. The summed E-state index contributed by atoms with van der Waals surface area (Å²) in [5.74, 6) is 0.0374. The number of ether oxygens (including phenoxy) is 1. The fourth-order valence-electron chi connectivity index (χ4n) is 3.84. The minimum absolute atomic E-state index is 0.0256. The second kappa shape index (κ2) is 10.9. The fourth-order valence-corrected chi connectivity index (χ4v) is 3.84. The maximum absolute atomic E-state index is 13.0. The molecule has 1 fully saturated rings. The monoisotopic (exact) mass is 504 g/mol. The van der Waals surface area contributed by atoms with E-state index in [0.29, 0.717) is 44.0 Å². The van der Waals surface area contributed by atoms with E-state index in [1.807, 2.05) is 0 Å². The van der Waals surface area contributed by atoms with Crippen molar-refractivity contribution >= 4 is 5.91 Å². The minimum atomic E-state index is -4.41. The summed E-state index contributed by atoms with van der Waals surface area (Å²) in [7, 11) is 0. The van der Waals surface area contributed by atoms with Gasteiger partial charge in [0.05, 0.1) is 18.5 Å². The number of nitrogens with zero attached hydrogens (tertiary/aromatic N) is 2. The highest BCUT2D eigenvalue weighted by Gasteiger charge is 2.30. The lowest BCUT2D eigenvalue weighted by Gasteiger charge is -2.34. The first-order valence-corrected chi connectivity index (χ1v) is 11.3. The Morgan fingerprint density at radius 1 is 0.944 bits per heavy atom. The van der Waals surface area contributed by atoms with E-state index in [2.05, 4.69) is 4.90 Å². The number of hydrogen-bond donors (Lipinski definition) is 0. The molecule has 1 saturated heterocycles. The van der Waals surface area contributed by atoms with Crippen LogP contribution in [0.15, 0.2) is 70.1 Å². The molecule has 0 radical (unpaired) electrons. The molecule has 1 aliphatic rings. The van der Waals surface area contributed by atoms with E-state index in [1.54, 1.807) is 17.0 Å². The Bertz CT molecular complexity index is 1230. The Labute approximate surface area is 204 Å². The zero-order valence-electron chi connectivity index (χ0n) is 19.3. The van der Waals surface area contributed by atoms with Gasteiger partial charge in [-0.1, -0.05) is 24.3 Å². The van der Waals surface area contributed by atoms with Gasteiger partial charge in [-0.25, -0.2) is 4.39 Å². The third kappa shape index (κ3) is 6.72. The van der Waals surface area contributed by atoms with Crippen molar-refractivity contribution in [2.75, 3.05) is 26.2 Å². The van der Waals surface area contributed by atoms with Gasteiger partial charge in [0.1, 0.15) is 24.4 Å². The Hall–Kier alpha value is -3.66. The lowest BCUT2D eigenvalue weighted by Crippen LogP contribution is -2.48. The summed E-state index contributed by atoms with van der Waals surface area (Å²) < 4.78 is 62.0. The number of halogens is 4. The van der Waals surface area contributed by atoms with Crippen molar-refractivity contribution in [1.29, 1.82) is 0 Å². The average molecular weight is 504 g/mol. The van der Waals surface area contributed by atoms with E-state index in [-0.39, 0.29) is 30.5 Å². The molecule has 2 heterocycles. The zero-order chi connectivity index (χ0) is 25.7. The van der Waals surface area contributed by atoms with Gasteiger partial charge in [-0.3, -0.25) is 14.5 Å². The topological polar surface area (TPSA) is 63.0 Å². The van der Waals surface area contributed by atoms with Crippen LogP contribution in [0.5, 0.6) is 5.75 Å². The predicted octanol–water partition coefficient (Wildman–Crippen LogP) is 4.26. The van der Waals surface area contributed by atoms with Gasteiger partial charge in [-0.2, -0.15) is 13.2 Å². The molecule has 6 nitrogen and oxygen atoms in total. The normalized spacial score (nSPS) is 14.6. The highest BCUT2D eigenvalue weighted by molar-refractivity contribution is 5.78. The van der Waals surface area contributed by atoms with Gasteiger partial charge in [-0.15, -0.1) is 0 Å². The van der Waals surface area contributed by atoms with Crippen molar-refractivity contribution in [3.8, 4) is 5.75 Å². The number of rotatable bonds is 7. The number of alkyl halides is 3. The molecule has 0 saturated carbocycles. The number of carbonyl (C=O) groups excluding carboxylic acids is 1. The van der Waals surface area contributed by atoms with Crippen LogP contribution in [0, 0.1) is 5.82 Å². The molecule has 0 unspecified atom stereocenters. The number of piperazine rings is 1. The van der Waals surface area contributed by atoms with Crippen molar-refractivity contribution in [3.05, 3.63) is 99.4 Å². The first-order valence-electron chi connectivity index (χ1n) is 11.3. The SMILES string of the molecule is O=C(Cc1ccc(F)cc1)N1CCN(Cc2cc(=O)c(OCc3ccc(C(F)(F)F)cc3)co2)CC1. The lowest BCUT2D eigenvalue weighted by molar-refractivity contribution is -0.137. The highest BCUT2D eigenvalue weighted by Crippen LogP contribution is 2.29. The molecule has 36 heavy (non-hydrogen) atoms. The van der Waals surface area contributed by atoms with E-state index in [0.717, 1.165) is 17.7 Å². The maximum atomic E-state index is 13.0. The first kappa shape index (κ1) is 25.4. The van der Waals surface area contributed by atoms with E-state index in [9.17, 15) is 27.2 Å². The zero-order valence-corrected chi connectivity index (χ0v) is 19.3. The molecule has 1 amide bonds. The van der Waals surface area contributed by atoms with Crippen LogP contribution < -0.4 is 10.2 Å². The number of amides is 1. The Kier molecular flexibility index (Phi) is 7.73. The molecule has 0 N–H and O–H groups in total. The predicted molar refractivity (Wildman–Crippen MR) is 123 cm³/mol. The number of hydrogen-bond acceptors (Lipinski definition) is 5. The summed E-state index contributed by atoms with van der Waals surface area (Å²) in [6.45, 7) is 2.57. The molecule has 4 rings (SSSR count). The molecule has 0 atom stereocenters. The smallest absolute Gasteiger partial charge is 0.416 e. The van der Waals surface area contributed by atoms with Crippen LogP contribution in [0.2, 0.25) is 0 Å². The molecule has 2 aromatic carbocycles. The van der Waals surface area contributed by atoms with Crippen LogP contribution in [0.25, 0.3) is 0 Å². The van der Waals surface area contributed by atoms with E-state index in [1.165, 1.54) is 36.6 Å². The third-order valence-electron chi connectivity index (χ3n) is 5.90. The van der Waals surface area contributed by atoms with Crippen molar-refractivity contribution in [2.45, 2.75) is 25.7 Å². The Morgan fingerprint density at radius 3 is 2.19 bits per heavy atom. The first-order chi connectivity index (χ1) is 17.2. The second-order valence-corrected chi connectivity index (χ2v) is 8.52. The molecular formula is C26H24F4N2O4. The molecule has 0 spiro atoms. The van der Waals surface area contributed by atoms with Gasteiger partial charge < -0.3 is 14.1 Å². The van der Waals surface area contributed by atoms with Gasteiger partial charge in [0, 0.05) is 32.2 Å². The molecule has 1 aliphatic heterocycles. The molecule has 0 bridgehead atoms. The summed E-state index contributed by atoms with van der Waals surface area (Å²) in [6.07, 6.45) is -3.00. The summed E-state index contributed by atoms with van der Waals surface area (Å²) in [5, 5.41) is 0. The fraction of sp³-hybridized carbons (Fsp3) is 0.308. The summed E-state index contributed by atoms with van der Waals surface area (Å²) in [6, 6.07) is 11.7. The quantitative estimate of drug-likeness (QED) is 0.450. The lowest BCUT2D eigenvalue weighted by atomic mass is 10.1. The largest absolute Gasteiger partial charge is 0.482 e. The van der Waals surface area contributed by atoms with Crippen LogP contribution >= 0.6 is 0 Å². The maximum Gasteiger partial charge on any atom is 0.416 e.